The van der Waals surface area contributed by atoms with Crippen LogP contribution < -0.4 is 16.6 Å². The minimum atomic E-state index is -4.02. The van der Waals surface area contributed by atoms with Gasteiger partial charge in [-0.2, -0.15) is 20.2 Å². The van der Waals surface area contributed by atoms with E-state index in [1.165, 1.54) is 17.1 Å². The molecule has 3 atom stereocenters. The van der Waals surface area contributed by atoms with E-state index in [0.29, 0.717) is 6.42 Å². The predicted molar refractivity (Wildman–Crippen MR) is 176 cm³/mol. The van der Waals surface area contributed by atoms with Crippen molar-refractivity contribution in [2.75, 3.05) is 11.5 Å². The largest absolute Gasteiger partial charge is 0.320 e. The van der Waals surface area contributed by atoms with Crippen LogP contribution in [0.25, 0.3) is 6.08 Å². The molecule has 3 rings (SSSR count). The van der Waals surface area contributed by atoms with Crippen molar-refractivity contribution in [2.24, 2.45) is 23.5 Å². The number of hydrazine groups is 1. The van der Waals surface area contributed by atoms with Gasteiger partial charge in [0.05, 0.1) is 28.8 Å². The Labute approximate surface area is 270 Å². The zero-order chi connectivity index (χ0) is 33.6. The highest BCUT2D eigenvalue weighted by Crippen LogP contribution is 2.27. The molecule has 11 nitrogen and oxygen atoms in total. The Morgan fingerprint density at radius 1 is 1.00 bits per heavy atom. The van der Waals surface area contributed by atoms with Gasteiger partial charge in [-0.25, -0.2) is 10.5 Å². The molecule has 1 aliphatic heterocycles. The Kier molecular flexibility index (Phi) is 15.7. The van der Waals surface area contributed by atoms with E-state index in [2.05, 4.69) is 5.43 Å². The zero-order valence-corrected chi connectivity index (χ0v) is 27.9. The van der Waals surface area contributed by atoms with Crippen LogP contribution in [0.2, 0.25) is 0 Å². The molecule has 2 aromatic carbocycles. The highest BCUT2D eigenvalue weighted by molar-refractivity contribution is 7.99. The first-order valence-corrected chi connectivity index (χ1v) is 17.5. The SMILES string of the molecule is CC(C)C[C@H](C(=O)NN(C(=O)[C@@H](C)N)C1CCSCC1)[C@@H](CC=Cc1ccccc1)C(=O)NO.Cc1ccc(S(=O)(=O)O)cc1. The van der Waals surface area contributed by atoms with Gasteiger partial charge in [-0.05, 0) is 74.7 Å². The van der Waals surface area contributed by atoms with Gasteiger partial charge >= 0.3 is 0 Å². The molecule has 13 heteroatoms. The van der Waals surface area contributed by atoms with Crippen LogP contribution in [0.1, 0.15) is 57.6 Å². The first-order valence-electron chi connectivity index (χ1n) is 14.9. The minimum Gasteiger partial charge on any atom is -0.320 e. The number of nitrogens with zero attached hydrogens (tertiary/aromatic N) is 1. The summed E-state index contributed by atoms with van der Waals surface area (Å²) in [7, 11) is -4.02. The lowest BCUT2D eigenvalue weighted by Crippen LogP contribution is -2.59. The normalized spacial score (nSPS) is 15.8. The van der Waals surface area contributed by atoms with Gasteiger partial charge in [0.25, 0.3) is 16.0 Å². The Morgan fingerprint density at radius 3 is 2.11 bits per heavy atom. The lowest BCUT2D eigenvalue weighted by Gasteiger charge is -2.37. The fourth-order valence-electron chi connectivity index (χ4n) is 4.81. The molecule has 0 saturated carbocycles. The highest BCUT2D eigenvalue weighted by Gasteiger charge is 2.37. The maximum absolute atomic E-state index is 13.5. The summed E-state index contributed by atoms with van der Waals surface area (Å²) in [4.78, 5) is 38.9. The van der Waals surface area contributed by atoms with Crippen LogP contribution in [-0.2, 0) is 24.5 Å². The van der Waals surface area contributed by atoms with Crippen molar-refractivity contribution >= 4 is 45.7 Å². The molecule has 6 N–H and O–H groups in total. The molecular weight excluding hydrogens is 617 g/mol. The third-order valence-corrected chi connectivity index (χ3v) is 9.14. The monoisotopic (exact) mass is 662 g/mol. The van der Waals surface area contributed by atoms with Gasteiger partial charge in [-0.3, -0.25) is 29.6 Å². The van der Waals surface area contributed by atoms with Crippen LogP contribution in [0.15, 0.2) is 65.6 Å². The number of nitrogens with one attached hydrogen (secondary N) is 2. The predicted octanol–water partition coefficient (Wildman–Crippen LogP) is 4.22. The highest BCUT2D eigenvalue weighted by atomic mass is 32.2. The van der Waals surface area contributed by atoms with Gasteiger partial charge in [0.2, 0.25) is 11.8 Å². The molecule has 1 fully saturated rings. The Bertz CT molecular complexity index is 1360. The second-order valence-electron chi connectivity index (χ2n) is 11.5. The maximum atomic E-state index is 13.5. The van der Waals surface area contributed by atoms with Gasteiger partial charge in [0.15, 0.2) is 0 Å². The number of nitrogens with two attached hydrogens (primary N) is 1. The number of hydrogen-bond acceptors (Lipinski definition) is 8. The lowest BCUT2D eigenvalue weighted by molar-refractivity contribution is -0.150. The molecule has 0 radical (unpaired) electrons. The first-order chi connectivity index (χ1) is 21.2. The molecular formula is C32H46N4O7S2. The van der Waals surface area contributed by atoms with E-state index in [4.69, 9.17) is 10.3 Å². The molecule has 45 heavy (non-hydrogen) atoms. The summed E-state index contributed by atoms with van der Waals surface area (Å²) in [6.45, 7) is 7.38. The quantitative estimate of drug-likeness (QED) is 0.134. The molecule has 248 valence electrons. The van der Waals surface area contributed by atoms with Crippen molar-refractivity contribution in [3.05, 3.63) is 71.8 Å². The fourth-order valence-corrected chi connectivity index (χ4v) is 6.38. The van der Waals surface area contributed by atoms with E-state index in [1.807, 2.05) is 75.0 Å². The number of hydrogen-bond donors (Lipinski definition) is 5. The molecule has 1 aliphatic rings. The first kappa shape index (κ1) is 38.0. The van der Waals surface area contributed by atoms with Gasteiger partial charge < -0.3 is 5.73 Å². The van der Waals surface area contributed by atoms with E-state index in [0.717, 1.165) is 35.5 Å². The van der Waals surface area contributed by atoms with Crippen LogP contribution >= 0.6 is 11.8 Å². The van der Waals surface area contributed by atoms with Gasteiger partial charge in [-0.1, -0.05) is 74.0 Å². The average molecular weight is 663 g/mol. The van der Waals surface area contributed by atoms with Crippen molar-refractivity contribution in [1.29, 1.82) is 0 Å². The van der Waals surface area contributed by atoms with Crippen molar-refractivity contribution in [1.82, 2.24) is 15.9 Å². The van der Waals surface area contributed by atoms with Crippen LogP contribution in [-0.4, -0.2) is 64.5 Å². The van der Waals surface area contributed by atoms with Crippen molar-refractivity contribution < 1.29 is 32.6 Å². The molecule has 0 spiro atoms. The van der Waals surface area contributed by atoms with E-state index in [9.17, 15) is 28.0 Å². The maximum Gasteiger partial charge on any atom is 0.294 e. The van der Waals surface area contributed by atoms with E-state index in [1.54, 1.807) is 24.5 Å². The third-order valence-electron chi connectivity index (χ3n) is 7.23. The number of carbonyl (C=O) groups excluding carboxylic acids is 3. The average Bonchev–Trinajstić information content (AvgIpc) is 3.01. The molecule has 1 saturated heterocycles. The number of aryl methyl sites for hydroxylation is 1. The number of amides is 3. The van der Waals surface area contributed by atoms with Crippen LogP contribution in [0.4, 0.5) is 0 Å². The Balaban J connectivity index is 0.000000537. The standard InChI is InChI=1S/C25H38N4O4S.C7H8O3S/c1-17(2)16-22(21(24(31)28-33)11-7-10-19-8-5-4-6-9-19)23(30)27-29(25(32)18(3)26)20-12-14-34-15-13-20;1-6-2-4-7(5-3-6)11(8,9)10/h4-10,17-18,20-22,33H,11-16,26H2,1-3H3,(H,27,30)(H,28,31);2-5H,1H3,(H,8,9,10)/t18-,21-,22+;/m1./s1. The van der Waals surface area contributed by atoms with Gasteiger partial charge in [-0.15, -0.1) is 0 Å². The number of benzene rings is 2. The number of thioether (sulfide) groups is 1. The Hall–Kier alpha value is -3.23. The van der Waals surface area contributed by atoms with Gasteiger partial charge in [0, 0.05) is 0 Å². The summed E-state index contributed by atoms with van der Waals surface area (Å²) in [6, 6.07) is 14.7. The summed E-state index contributed by atoms with van der Waals surface area (Å²) < 4.78 is 29.6. The molecule has 3 amide bonds. The fraction of sp³-hybridized carbons (Fsp3) is 0.469. The molecule has 0 aliphatic carbocycles. The van der Waals surface area contributed by atoms with Crippen molar-refractivity contribution in [3.63, 3.8) is 0 Å². The topological polar surface area (TPSA) is 179 Å². The Morgan fingerprint density at radius 2 is 1.60 bits per heavy atom. The summed E-state index contributed by atoms with van der Waals surface area (Å²) in [5.41, 5.74) is 12.3. The van der Waals surface area contributed by atoms with Crippen molar-refractivity contribution in [3.8, 4) is 0 Å². The number of carbonyl (C=O) groups is 3. The second-order valence-corrected chi connectivity index (χ2v) is 14.1. The molecule has 0 bridgehead atoms. The van der Waals surface area contributed by atoms with E-state index in [-0.39, 0.29) is 29.2 Å². The van der Waals surface area contributed by atoms with Crippen molar-refractivity contribution in [2.45, 2.75) is 70.4 Å². The number of rotatable bonds is 11. The summed E-state index contributed by atoms with van der Waals surface area (Å²) >= 11 is 1.82. The van der Waals surface area contributed by atoms with E-state index < -0.39 is 39.8 Å². The molecule has 0 unspecified atom stereocenters. The number of hydroxylamine groups is 1. The van der Waals surface area contributed by atoms with Crippen LogP contribution in [0.3, 0.4) is 0 Å². The van der Waals surface area contributed by atoms with E-state index >= 15 is 0 Å². The molecule has 0 aromatic heterocycles. The summed E-state index contributed by atoms with van der Waals surface area (Å²) in [6.07, 6.45) is 5.92. The summed E-state index contributed by atoms with van der Waals surface area (Å²) in [5, 5.41) is 10.8. The van der Waals surface area contributed by atoms with Gasteiger partial charge in [0.1, 0.15) is 0 Å². The molecule has 1 heterocycles. The minimum absolute atomic E-state index is 0.0666. The van der Waals surface area contributed by atoms with Crippen LogP contribution in [0, 0.1) is 24.7 Å². The zero-order valence-electron chi connectivity index (χ0n) is 26.3. The second kappa shape index (κ2) is 18.7. The molecule has 2 aromatic rings. The summed E-state index contributed by atoms with van der Waals surface area (Å²) in [5.74, 6) is -1.01. The number of allylic oxidation sites excluding steroid dienone is 1. The van der Waals surface area contributed by atoms with Crippen LogP contribution in [0.5, 0.6) is 0 Å². The lowest BCUT2D eigenvalue weighted by atomic mass is 9.82. The smallest absolute Gasteiger partial charge is 0.294 e. The third kappa shape index (κ3) is 13.0.